The van der Waals surface area contributed by atoms with E-state index in [1.54, 1.807) is 13.8 Å². The summed E-state index contributed by atoms with van der Waals surface area (Å²) in [5.41, 5.74) is 4.66. The number of fused-ring (bicyclic) bond motifs is 4. The molecule has 10 nitrogen and oxygen atoms in total. The lowest BCUT2D eigenvalue weighted by Crippen LogP contribution is -2.47. The quantitative estimate of drug-likeness (QED) is 0.272. The number of alkyl carbamates (subject to hydrolysis) is 1. The molecule has 0 radical (unpaired) electrons. The van der Waals surface area contributed by atoms with Gasteiger partial charge >= 0.3 is 12.1 Å². The molecule has 3 N–H and O–H groups in total. The van der Waals surface area contributed by atoms with Crippen molar-refractivity contribution in [2.45, 2.75) is 103 Å². The van der Waals surface area contributed by atoms with Crippen molar-refractivity contribution in [2.75, 3.05) is 19.7 Å². The fourth-order valence-electron chi connectivity index (χ4n) is 7.18. The Morgan fingerprint density at radius 2 is 2.00 bits per heavy atom. The van der Waals surface area contributed by atoms with Crippen LogP contribution in [0.1, 0.15) is 100 Å². The zero-order chi connectivity index (χ0) is 33.0. The van der Waals surface area contributed by atoms with E-state index < -0.39 is 23.3 Å². The highest BCUT2D eigenvalue weighted by Crippen LogP contribution is 2.48. The largest absolute Gasteiger partial charge is 0.459 e. The minimum atomic E-state index is -1.72. The van der Waals surface area contributed by atoms with Crippen LogP contribution in [-0.4, -0.2) is 63.9 Å². The number of hydrogen-bond acceptors (Lipinski definition) is 8. The Morgan fingerprint density at radius 3 is 2.74 bits per heavy atom. The zero-order valence-electron chi connectivity index (χ0n) is 27.3. The minimum Gasteiger partial charge on any atom is -0.459 e. The first kappa shape index (κ1) is 32.0. The van der Waals surface area contributed by atoms with Gasteiger partial charge in [-0.2, -0.15) is 0 Å². The lowest BCUT2D eigenvalue weighted by Gasteiger charge is -2.37. The molecular formula is C35H43FN4O6. The van der Waals surface area contributed by atoms with Gasteiger partial charge in [0, 0.05) is 48.6 Å². The van der Waals surface area contributed by atoms with Gasteiger partial charge in [0.2, 0.25) is 5.91 Å². The van der Waals surface area contributed by atoms with Crippen molar-refractivity contribution < 1.29 is 33.4 Å². The van der Waals surface area contributed by atoms with Crippen LogP contribution < -0.4 is 10.6 Å². The summed E-state index contributed by atoms with van der Waals surface area (Å²) in [7, 11) is 0. The van der Waals surface area contributed by atoms with Gasteiger partial charge in [-0.25, -0.2) is 19.0 Å². The summed E-state index contributed by atoms with van der Waals surface area (Å²) in [6, 6.07) is 1.21. The first-order chi connectivity index (χ1) is 21.8. The molecule has 2 atom stereocenters. The lowest BCUT2D eigenvalue weighted by molar-refractivity contribution is -0.163. The van der Waals surface area contributed by atoms with Crippen LogP contribution in [0.25, 0.3) is 16.6 Å². The fraction of sp³-hybridized carbons (Fsp3) is 0.543. The molecule has 4 heterocycles. The smallest absolute Gasteiger partial charge is 0.407 e. The van der Waals surface area contributed by atoms with Crippen molar-refractivity contribution in [3.63, 3.8) is 0 Å². The van der Waals surface area contributed by atoms with Gasteiger partial charge in [0.25, 0.3) is 0 Å². The van der Waals surface area contributed by atoms with Crippen molar-refractivity contribution in [3.8, 4) is 0 Å². The Labute approximate surface area is 268 Å². The number of pyridine rings is 1. The third-order valence-electron chi connectivity index (χ3n) is 9.51. The monoisotopic (exact) mass is 634 g/mol. The Hall–Kier alpha value is -3.99. The normalized spacial score (nSPS) is 21.7. The summed E-state index contributed by atoms with van der Waals surface area (Å²) in [5.74, 6) is -1.01. The molecule has 2 aromatic rings. The second-order valence-corrected chi connectivity index (χ2v) is 13.8. The van der Waals surface area contributed by atoms with E-state index >= 15 is 4.39 Å². The number of halogens is 1. The van der Waals surface area contributed by atoms with Crippen molar-refractivity contribution >= 4 is 34.6 Å². The third kappa shape index (κ3) is 5.74. The van der Waals surface area contributed by atoms with Crippen molar-refractivity contribution in [1.29, 1.82) is 0 Å². The maximum Gasteiger partial charge on any atom is 0.407 e. The molecule has 1 aromatic carbocycles. The van der Waals surface area contributed by atoms with Gasteiger partial charge in [0.05, 0.1) is 22.9 Å². The van der Waals surface area contributed by atoms with Gasteiger partial charge in [0.1, 0.15) is 18.0 Å². The van der Waals surface area contributed by atoms with E-state index in [1.807, 2.05) is 26.8 Å². The molecule has 46 heavy (non-hydrogen) atoms. The molecule has 0 bridgehead atoms. The number of hydrogen-bond donors (Lipinski definition) is 3. The molecule has 0 spiro atoms. The van der Waals surface area contributed by atoms with E-state index in [9.17, 15) is 19.5 Å². The van der Waals surface area contributed by atoms with Crippen LogP contribution in [0.3, 0.4) is 0 Å². The predicted octanol–water partition coefficient (Wildman–Crippen LogP) is 5.04. The lowest BCUT2D eigenvalue weighted by atomic mass is 9.81. The van der Waals surface area contributed by atoms with Gasteiger partial charge in [-0.3, -0.25) is 4.79 Å². The molecule has 2 amide bonds. The summed E-state index contributed by atoms with van der Waals surface area (Å²) in [6.07, 6.45) is 5.39. The average molecular weight is 635 g/mol. The zero-order valence-corrected chi connectivity index (χ0v) is 27.3. The Bertz CT molecular complexity index is 1690. The van der Waals surface area contributed by atoms with Crippen molar-refractivity contribution in [2.24, 2.45) is 0 Å². The molecule has 4 aliphatic rings. The molecule has 3 aliphatic heterocycles. The van der Waals surface area contributed by atoms with Gasteiger partial charge < -0.3 is 30.1 Å². The van der Waals surface area contributed by atoms with Crippen molar-refractivity contribution in [1.82, 2.24) is 20.5 Å². The molecule has 0 saturated carbocycles. The molecule has 0 fully saturated rings. The number of nitrogens with one attached hydrogen (secondary N) is 2. The number of esters is 1. The summed E-state index contributed by atoms with van der Waals surface area (Å²) >= 11 is 0. The number of amides is 2. The van der Waals surface area contributed by atoms with E-state index in [0.717, 1.165) is 46.2 Å². The number of carbonyl (C=O) groups excluding carboxylic acids is 3. The number of cyclic esters (lactones) is 1. The number of aliphatic hydroxyl groups is 1. The van der Waals surface area contributed by atoms with E-state index in [0.29, 0.717) is 67.7 Å². The maximum absolute atomic E-state index is 15.1. The van der Waals surface area contributed by atoms with E-state index in [1.165, 1.54) is 6.07 Å². The van der Waals surface area contributed by atoms with Gasteiger partial charge in [0.15, 0.2) is 5.60 Å². The maximum atomic E-state index is 15.1. The average Bonchev–Trinajstić information content (AvgIpc) is 3.35. The van der Waals surface area contributed by atoms with Crippen LogP contribution in [0, 0.1) is 12.7 Å². The van der Waals surface area contributed by atoms with Crippen LogP contribution in [0.15, 0.2) is 23.3 Å². The predicted molar refractivity (Wildman–Crippen MR) is 170 cm³/mol. The topological polar surface area (TPSA) is 130 Å². The third-order valence-corrected chi connectivity index (χ3v) is 9.51. The molecule has 6 rings (SSSR count). The van der Waals surface area contributed by atoms with E-state index in [4.69, 9.17) is 14.5 Å². The standard InChI is InChI=1S/C35H43FN4O6/c1-6-35(44)23-14-27-31-22(17-40(27)16-20(23)18-45-32(35)42)30-25(12-11-21-19(2)24(36)15-26(39-31)29(21)30)38-28(41)10-8-7-9-13-37-33(43)46-34(3,4)5/h14-15,25,44H,6-13,16-18H2,1-5H3,(H,37,43)(H,38,41)/t25-,35-/m0/s1. The van der Waals surface area contributed by atoms with Crippen LogP contribution in [0.5, 0.6) is 0 Å². The molecule has 246 valence electrons. The highest BCUT2D eigenvalue weighted by molar-refractivity contribution is 5.94. The summed E-state index contributed by atoms with van der Waals surface area (Å²) in [4.78, 5) is 44.8. The number of unbranched alkanes of at least 4 members (excludes halogenated alkanes) is 2. The van der Waals surface area contributed by atoms with Crippen LogP contribution in [0.2, 0.25) is 0 Å². The number of aromatic nitrogens is 1. The highest BCUT2D eigenvalue weighted by Gasteiger charge is 2.47. The number of rotatable bonds is 8. The number of nitrogens with zero attached hydrogens (tertiary/aromatic N) is 2. The number of carbonyl (C=O) groups is 3. The molecule has 1 aromatic heterocycles. The molecule has 1 aliphatic carbocycles. The Balaban J connectivity index is 1.23. The summed E-state index contributed by atoms with van der Waals surface area (Å²) in [5, 5.41) is 18.2. The van der Waals surface area contributed by atoms with Crippen LogP contribution in [0.4, 0.5) is 9.18 Å². The molecular weight excluding hydrogens is 591 g/mol. The van der Waals surface area contributed by atoms with Gasteiger partial charge in [-0.1, -0.05) is 13.3 Å². The second-order valence-electron chi connectivity index (χ2n) is 13.8. The number of ether oxygens (including phenoxy) is 2. The van der Waals surface area contributed by atoms with E-state index in [-0.39, 0.29) is 30.8 Å². The Morgan fingerprint density at radius 1 is 1.22 bits per heavy atom. The van der Waals surface area contributed by atoms with Crippen LogP contribution in [-0.2, 0) is 32.0 Å². The molecule has 11 heteroatoms. The minimum absolute atomic E-state index is 0.0539. The van der Waals surface area contributed by atoms with Gasteiger partial charge in [-0.05, 0) is 88.1 Å². The highest BCUT2D eigenvalue weighted by atomic mass is 19.1. The number of benzene rings is 1. The Kier molecular flexibility index (Phi) is 8.33. The van der Waals surface area contributed by atoms with Gasteiger partial charge in [-0.15, -0.1) is 0 Å². The number of aryl methyl sites for hydroxylation is 1. The fourth-order valence-corrected chi connectivity index (χ4v) is 7.18. The van der Waals surface area contributed by atoms with Crippen LogP contribution >= 0.6 is 0 Å². The second kappa shape index (κ2) is 12.0. The summed E-state index contributed by atoms with van der Waals surface area (Å²) in [6.45, 7) is 10.6. The summed E-state index contributed by atoms with van der Waals surface area (Å²) < 4.78 is 25.8. The van der Waals surface area contributed by atoms with E-state index in [2.05, 4.69) is 15.5 Å². The SMILES string of the molecule is CC[C@@]1(O)C(=O)OCC2=C1C=C1c3nc4cc(F)c(C)c5c4c(c3CN1C2)[C@@H](NC(=O)CCCCCNC(=O)OC(C)(C)C)CC5. The molecule has 0 saturated heterocycles. The van der Waals surface area contributed by atoms with Crippen molar-refractivity contribution in [3.05, 3.63) is 57.1 Å². The first-order valence-corrected chi connectivity index (χ1v) is 16.3. The first-order valence-electron chi connectivity index (χ1n) is 16.3. The molecule has 0 unspecified atom stereocenters.